The van der Waals surface area contributed by atoms with Crippen LogP contribution in [0.3, 0.4) is 0 Å². The highest BCUT2D eigenvalue weighted by Crippen LogP contribution is 2.30. The maximum absolute atomic E-state index is 11.3. The molecule has 0 heterocycles. The number of carbonyl (C=O) groups is 1. The molecule has 0 bridgehead atoms. The molecule has 0 spiro atoms. The molecule has 0 aliphatic heterocycles. The molecular formula is C15H13NO5. The third kappa shape index (κ3) is 3.17. The number of nitrogens with zero attached hydrogens (tertiary/aromatic N) is 1. The van der Waals surface area contributed by atoms with Gasteiger partial charge in [-0.1, -0.05) is 12.1 Å². The van der Waals surface area contributed by atoms with Crippen LogP contribution >= 0.6 is 0 Å². The molecule has 0 saturated heterocycles. The first-order valence-corrected chi connectivity index (χ1v) is 6.28. The largest absolute Gasteiger partial charge is 0.494 e. The minimum atomic E-state index is -1.14. The zero-order valence-corrected chi connectivity index (χ0v) is 11.3. The fraction of sp³-hybridized carbons (Fsp3) is 0.133. The van der Waals surface area contributed by atoms with Gasteiger partial charge in [-0.25, -0.2) is 4.79 Å². The summed E-state index contributed by atoms with van der Waals surface area (Å²) in [6.45, 7) is 2.31. The van der Waals surface area contributed by atoms with E-state index in [9.17, 15) is 20.0 Å². The van der Waals surface area contributed by atoms with Crippen molar-refractivity contribution in [1.29, 1.82) is 0 Å². The lowest BCUT2D eigenvalue weighted by Crippen LogP contribution is -2.01. The lowest BCUT2D eigenvalue weighted by molar-refractivity contribution is -0.384. The maximum atomic E-state index is 11.3. The first-order valence-electron chi connectivity index (χ1n) is 6.28. The van der Waals surface area contributed by atoms with E-state index < -0.39 is 10.9 Å². The van der Waals surface area contributed by atoms with E-state index in [1.54, 1.807) is 24.3 Å². The zero-order chi connectivity index (χ0) is 15.4. The van der Waals surface area contributed by atoms with Crippen LogP contribution in [-0.4, -0.2) is 22.6 Å². The Bertz CT molecular complexity index is 696. The molecule has 0 atom stereocenters. The van der Waals surface area contributed by atoms with Crippen LogP contribution in [0.4, 0.5) is 5.69 Å². The van der Waals surface area contributed by atoms with Crippen LogP contribution in [0.2, 0.25) is 0 Å². The molecule has 108 valence electrons. The van der Waals surface area contributed by atoms with Gasteiger partial charge in [-0.05, 0) is 30.7 Å². The van der Waals surface area contributed by atoms with Gasteiger partial charge in [0, 0.05) is 17.7 Å². The molecule has 0 aliphatic carbocycles. The highest BCUT2D eigenvalue weighted by atomic mass is 16.6. The minimum Gasteiger partial charge on any atom is -0.494 e. The van der Waals surface area contributed by atoms with Crippen molar-refractivity contribution in [2.75, 3.05) is 6.61 Å². The molecule has 0 unspecified atom stereocenters. The molecule has 6 heteroatoms. The first-order chi connectivity index (χ1) is 10.0. The molecule has 2 rings (SSSR count). The van der Waals surface area contributed by atoms with Crippen LogP contribution < -0.4 is 4.74 Å². The number of hydrogen-bond donors (Lipinski definition) is 1. The summed E-state index contributed by atoms with van der Waals surface area (Å²) in [5, 5.41) is 20.1. The highest BCUT2D eigenvalue weighted by molar-refractivity contribution is 5.96. The number of benzene rings is 2. The van der Waals surface area contributed by atoms with E-state index in [4.69, 9.17) is 4.74 Å². The monoisotopic (exact) mass is 287 g/mol. The summed E-state index contributed by atoms with van der Waals surface area (Å²) in [7, 11) is 0. The van der Waals surface area contributed by atoms with Gasteiger partial charge in [0.1, 0.15) is 5.75 Å². The number of nitro groups is 1. The van der Waals surface area contributed by atoms with Gasteiger partial charge >= 0.3 is 5.97 Å². The summed E-state index contributed by atoms with van der Waals surface area (Å²) in [6, 6.07) is 10.5. The number of carboxylic acids is 1. The molecule has 6 nitrogen and oxygen atoms in total. The van der Waals surface area contributed by atoms with Gasteiger partial charge in [0.25, 0.3) is 5.69 Å². The van der Waals surface area contributed by atoms with Crippen LogP contribution in [0.25, 0.3) is 11.1 Å². The van der Waals surface area contributed by atoms with Crippen molar-refractivity contribution in [3.05, 3.63) is 58.1 Å². The Labute approximate surface area is 120 Å². The molecule has 0 radical (unpaired) electrons. The standard InChI is InChI=1S/C15H13NO5/c1-2-21-12-5-3-4-10(8-12)14-9-11(16(19)20)6-7-13(14)15(17)18/h3-9H,2H2,1H3,(H,17,18). The van der Waals surface area contributed by atoms with Gasteiger partial charge in [-0.15, -0.1) is 0 Å². The Balaban J connectivity index is 2.59. The number of rotatable bonds is 5. The van der Waals surface area contributed by atoms with Crippen LogP contribution in [0.1, 0.15) is 17.3 Å². The highest BCUT2D eigenvalue weighted by Gasteiger charge is 2.17. The van der Waals surface area contributed by atoms with Gasteiger partial charge in [-0.3, -0.25) is 10.1 Å². The summed E-state index contributed by atoms with van der Waals surface area (Å²) in [4.78, 5) is 21.6. The van der Waals surface area contributed by atoms with E-state index in [0.29, 0.717) is 23.5 Å². The number of aromatic carboxylic acids is 1. The first kappa shape index (κ1) is 14.5. The van der Waals surface area contributed by atoms with Gasteiger partial charge < -0.3 is 9.84 Å². The molecular weight excluding hydrogens is 274 g/mol. The van der Waals surface area contributed by atoms with E-state index in [-0.39, 0.29) is 11.3 Å². The molecule has 2 aromatic rings. The molecule has 1 N–H and O–H groups in total. The van der Waals surface area contributed by atoms with E-state index in [0.717, 1.165) is 0 Å². The van der Waals surface area contributed by atoms with E-state index in [1.165, 1.54) is 18.2 Å². The number of ether oxygens (including phenoxy) is 1. The zero-order valence-electron chi connectivity index (χ0n) is 11.3. The maximum Gasteiger partial charge on any atom is 0.336 e. The number of carboxylic acid groups (broad SMARTS) is 1. The molecule has 0 aromatic heterocycles. The van der Waals surface area contributed by atoms with Gasteiger partial charge in [0.2, 0.25) is 0 Å². The van der Waals surface area contributed by atoms with Gasteiger partial charge in [0.15, 0.2) is 0 Å². The summed E-state index contributed by atoms with van der Waals surface area (Å²) in [5.74, 6) is -0.556. The topological polar surface area (TPSA) is 89.7 Å². The molecule has 0 aliphatic rings. The fourth-order valence-electron chi connectivity index (χ4n) is 1.99. The molecule has 2 aromatic carbocycles. The van der Waals surface area contributed by atoms with Crippen molar-refractivity contribution in [2.24, 2.45) is 0 Å². The Hall–Kier alpha value is -2.89. The van der Waals surface area contributed by atoms with Gasteiger partial charge in [-0.2, -0.15) is 0 Å². The van der Waals surface area contributed by atoms with Crippen LogP contribution in [0.5, 0.6) is 5.75 Å². The summed E-state index contributed by atoms with van der Waals surface area (Å²) in [6.07, 6.45) is 0. The Morgan fingerprint density at radius 2 is 2.05 bits per heavy atom. The van der Waals surface area contributed by atoms with Crippen LogP contribution in [0.15, 0.2) is 42.5 Å². The van der Waals surface area contributed by atoms with Gasteiger partial charge in [0.05, 0.1) is 17.1 Å². The Morgan fingerprint density at radius 1 is 1.29 bits per heavy atom. The third-order valence-electron chi connectivity index (χ3n) is 2.90. The Morgan fingerprint density at radius 3 is 2.67 bits per heavy atom. The predicted octanol–water partition coefficient (Wildman–Crippen LogP) is 3.36. The predicted molar refractivity (Wildman–Crippen MR) is 76.7 cm³/mol. The average Bonchev–Trinajstić information content (AvgIpc) is 2.47. The third-order valence-corrected chi connectivity index (χ3v) is 2.90. The van der Waals surface area contributed by atoms with E-state index in [2.05, 4.69) is 0 Å². The number of hydrogen-bond acceptors (Lipinski definition) is 4. The summed E-state index contributed by atoms with van der Waals surface area (Å²) < 4.78 is 5.36. The van der Waals surface area contributed by atoms with Crippen molar-refractivity contribution in [1.82, 2.24) is 0 Å². The van der Waals surface area contributed by atoms with E-state index in [1.807, 2.05) is 6.92 Å². The van der Waals surface area contributed by atoms with Crippen molar-refractivity contribution in [3.63, 3.8) is 0 Å². The average molecular weight is 287 g/mol. The van der Waals surface area contributed by atoms with Crippen molar-refractivity contribution < 1.29 is 19.6 Å². The molecule has 0 saturated carbocycles. The van der Waals surface area contributed by atoms with Crippen molar-refractivity contribution in [3.8, 4) is 16.9 Å². The molecule has 21 heavy (non-hydrogen) atoms. The lowest BCUT2D eigenvalue weighted by atomic mass is 9.99. The SMILES string of the molecule is CCOc1cccc(-c2cc([N+](=O)[O-])ccc2C(=O)O)c1. The number of non-ortho nitro benzene ring substituents is 1. The van der Waals surface area contributed by atoms with E-state index >= 15 is 0 Å². The molecule has 0 fully saturated rings. The quantitative estimate of drug-likeness (QED) is 0.672. The second kappa shape index (κ2) is 6.04. The Kier molecular flexibility index (Phi) is 4.18. The fourth-order valence-corrected chi connectivity index (χ4v) is 1.99. The second-order valence-electron chi connectivity index (χ2n) is 4.25. The normalized spacial score (nSPS) is 10.1. The van der Waals surface area contributed by atoms with Crippen molar-refractivity contribution >= 4 is 11.7 Å². The molecule has 0 amide bonds. The summed E-state index contributed by atoms with van der Waals surface area (Å²) in [5.41, 5.74) is 0.700. The summed E-state index contributed by atoms with van der Waals surface area (Å²) >= 11 is 0. The van der Waals surface area contributed by atoms with Crippen LogP contribution in [0, 0.1) is 10.1 Å². The minimum absolute atomic E-state index is 0.00856. The van der Waals surface area contributed by atoms with Crippen molar-refractivity contribution in [2.45, 2.75) is 6.92 Å². The lowest BCUT2D eigenvalue weighted by Gasteiger charge is -2.09. The van der Waals surface area contributed by atoms with Crippen LogP contribution in [-0.2, 0) is 0 Å². The number of nitro benzene ring substituents is 1. The smallest absolute Gasteiger partial charge is 0.336 e. The second-order valence-corrected chi connectivity index (χ2v) is 4.25.